The summed E-state index contributed by atoms with van der Waals surface area (Å²) in [5.74, 6) is 0.913. The minimum atomic E-state index is 0.743. The second-order valence-electron chi connectivity index (χ2n) is 4.49. The molecule has 0 spiro atoms. The maximum atomic E-state index is 5.09. The van der Waals surface area contributed by atoms with Crippen molar-refractivity contribution in [1.29, 1.82) is 0 Å². The number of aromatic nitrogens is 2. The Kier molecular flexibility index (Phi) is 2.52. The molecular weight excluding hydrogens is 226 g/mol. The monoisotopic (exact) mass is 241 g/mol. The normalized spacial score (nSPS) is 30.5. The highest BCUT2D eigenvalue weighted by molar-refractivity contribution is 7.73. The van der Waals surface area contributed by atoms with E-state index in [1.165, 1.54) is 38.6 Å². The molecule has 3 nitrogen and oxygen atoms in total. The van der Waals surface area contributed by atoms with Crippen LogP contribution < -0.4 is 4.90 Å². The Balaban J connectivity index is 1.85. The molecule has 0 amide bonds. The lowest BCUT2D eigenvalue weighted by molar-refractivity contribution is 0.342. The molecule has 15 heavy (non-hydrogen) atoms. The van der Waals surface area contributed by atoms with Crippen molar-refractivity contribution in [3.63, 3.8) is 0 Å². The van der Waals surface area contributed by atoms with Crippen LogP contribution in [-0.4, -0.2) is 22.8 Å². The molecule has 1 aliphatic heterocycles. The van der Waals surface area contributed by atoms with E-state index in [-0.39, 0.29) is 0 Å². The Labute approximate surface area is 98.5 Å². The van der Waals surface area contributed by atoms with Gasteiger partial charge in [-0.3, -0.25) is 5.10 Å². The number of nitrogens with one attached hydrogen (secondary N) is 1. The number of nitrogens with zero attached hydrogens (tertiary/aromatic N) is 2. The molecule has 1 saturated carbocycles. The summed E-state index contributed by atoms with van der Waals surface area (Å²) in [6.45, 7) is 1.17. The maximum Gasteiger partial charge on any atom is 0.207 e. The first-order valence-electron chi connectivity index (χ1n) is 5.67. The Morgan fingerprint density at radius 3 is 3.00 bits per heavy atom. The lowest BCUT2D eigenvalue weighted by Crippen LogP contribution is -2.34. The van der Waals surface area contributed by atoms with Gasteiger partial charge in [0.15, 0.2) is 3.95 Å². The third kappa shape index (κ3) is 1.72. The molecule has 1 aromatic heterocycles. The molecule has 0 aromatic carbocycles. The van der Waals surface area contributed by atoms with E-state index in [9.17, 15) is 0 Å². The zero-order valence-corrected chi connectivity index (χ0v) is 10.2. The first-order valence-corrected chi connectivity index (χ1v) is 6.89. The van der Waals surface area contributed by atoms with E-state index in [1.807, 2.05) is 0 Å². The highest BCUT2D eigenvalue weighted by atomic mass is 32.1. The zero-order valence-electron chi connectivity index (χ0n) is 8.61. The maximum absolute atomic E-state index is 5.09. The van der Waals surface area contributed by atoms with E-state index >= 15 is 0 Å². The Bertz CT molecular complexity index is 397. The minimum absolute atomic E-state index is 0.743. The Morgan fingerprint density at radius 2 is 2.20 bits per heavy atom. The molecule has 2 heterocycles. The topological polar surface area (TPSA) is 31.9 Å². The van der Waals surface area contributed by atoms with Gasteiger partial charge < -0.3 is 4.90 Å². The Hall–Kier alpha value is -0.420. The molecular formula is C10H15N3S2. The van der Waals surface area contributed by atoms with Gasteiger partial charge in [-0.15, -0.1) is 5.10 Å². The van der Waals surface area contributed by atoms with Crippen molar-refractivity contribution in [1.82, 2.24) is 10.2 Å². The first kappa shape index (κ1) is 9.78. The van der Waals surface area contributed by atoms with Gasteiger partial charge in [-0.2, -0.15) is 0 Å². The van der Waals surface area contributed by atoms with Crippen LogP contribution in [0.25, 0.3) is 0 Å². The minimum Gasteiger partial charge on any atom is -0.343 e. The molecule has 3 rings (SSSR count). The Morgan fingerprint density at radius 1 is 1.33 bits per heavy atom. The van der Waals surface area contributed by atoms with Crippen molar-refractivity contribution in [2.75, 3.05) is 11.4 Å². The summed E-state index contributed by atoms with van der Waals surface area (Å²) in [4.78, 5) is 2.47. The van der Waals surface area contributed by atoms with Crippen molar-refractivity contribution in [2.24, 2.45) is 5.92 Å². The highest BCUT2D eigenvalue weighted by Crippen LogP contribution is 2.39. The second-order valence-corrected chi connectivity index (χ2v) is 6.13. The van der Waals surface area contributed by atoms with Gasteiger partial charge in [0.25, 0.3) is 0 Å². The lowest BCUT2D eigenvalue weighted by Gasteiger charge is -2.31. The molecule has 2 atom stereocenters. The molecule has 2 fully saturated rings. The number of aromatic amines is 1. The van der Waals surface area contributed by atoms with Gasteiger partial charge in [0.05, 0.1) is 0 Å². The SMILES string of the molecule is S=c1[nH]nc(N2CCC3CCCCC32)s1. The molecule has 0 bridgehead atoms. The molecule has 2 aliphatic rings. The van der Waals surface area contributed by atoms with Crippen LogP contribution in [0.5, 0.6) is 0 Å². The van der Waals surface area contributed by atoms with E-state index in [1.54, 1.807) is 11.3 Å². The van der Waals surface area contributed by atoms with E-state index in [0.717, 1.165) is 21.0 Å². The van der Waals surface area contributed by atoms with Crippen LogP contribution in [0.1, 0.15) is 32.1 Å². The number of hydrogen-bond donors (Lipinski definition) is 1. The standard InChI is InChI=1S/C10H15N3S2/c14-10-12-11-9(15-10)13-6-5-7-3-1-2-4-8(7)13/h7-8H,1-6H2,(H,12,14). The molecule has 1 N–H and O–H groups in total. The summed E-state index contributed by atoms with van der Waals surface area (Å²) in [7, 11) is 0. The van der Waals surface area contributed by atoms with Gasteiger partial charge in [-0.25, -0.2) is 0 Å². The predicted molar refractivity (Wildman–Crippen MR) is 65.0 cm³/mol. The van der Waals surface area contributed by atoms with Crippen molar-refractivity contribution in [3.05, 3.63) is 3.95 Å². The number of hydrogen-bond acceptors (Lipinski definition) is 4. The van der Waals surface area contributed by atoms with Crippen molar-refractivity contribution >= 4 is 28.7 Å². The van der Waals surface area contributed by atoms with Crippen molar-refractivity contribution in [2.45, 2.75) is 38.1 Å². The zero-order chi connectivity index (χ0) is 10.3. The number of rotatable bonds is 1. The van der Waals surface area contributed by atoms with Crippen molar-refractivity contribution < 1.29 is 0 Å². The molecule has 1 aliphatic carbocycles. The van der Waals surface area contributed by atoms with E-state index in [2.05, 4.69) is 15.1 Å². The third-order valence-corrected chi connectivity index (χ3v) is 4.81. The van der Waals surface area contributed by atoms with Gasteiger partial charge in [-0.1, -0.05) is 24.2 Å². The van der Waals surface area contributed by atoms with Gasteiger partial charge in [0, 0.05) is 12.6 Å². The molecule has 0 radical (unpaired) electrons. The molecule has 2 unspecified atom stereocenters. The van der Waals surface area contributed by atoms with Crippen LogP contribution in [-0.2, 0) is 0 Å². The van der Waals surface area contributed by atoms with Gasteiger partial charge >= 0.3 is 0 Å². The van der Waals surface area contributed by atoms with Crippen LogP contribution in [0.15, 0.2) is 0 Å². The molecule has 5 heteroatoms. The quantitative estimate of drug-likeness (QED) is 0.767. The lowest BCUT2D eigenvalue weighted by atomic mass is 9.85. The van der Waals surface area contributed by atoms with Crippen molar-refractivity contribution in [3.8, 4) is 0 Å². The summed E-state index contributed by atoms with van der Waals surface area (Å²) in [6, 6.07) is 0.743. The van der Waals surface area contributed by atoms with E-state index in [4.69, 9.17) is 12.2 Å². The third-order valence-electron chi connectivity index (χ3n) is 3.68. The largest absolute Gasteiger partial charge is 0.343 e. The summed E-state index contributed by atoms with van der Waals surface area (Å²) >= 11 is 6.70. The van der Waals surface area contributed by atoms with Crippen LogP contribution in [0.3, 0.4) is 0 Å². The van der Waals surface area contributed by atoms with Crippen LogP contribution >= 0.6 is 23.6 Å². The average molecular weight is 241 g/mol. The summed E-state index contributed by atoms with van der Waals surface area (Å²) in [5, 5.41) is 8.29. The second kappa shape index (κ2) is 3.87. The molecule has 82 valence electrons. The van der Waals surface area contributed by atoms with E-state index < -0.39 is 0 Å². The first-order chi connectivity index (χ1) is 7.34. The number of H-pyrrole nitrogens is 1. The van der Waals surface area contributed by atoms with Gasteiger partial charge in [0.2, 0.25) is 5.13 Å². The highest BCUT2D eigenvalue weighted by Gasteiger charge is 2.36. The fourth-order valence-electron chi connectivity index (χ4n) is 2.99. The summed E-state index contributed by atoms with van der Waals surface area (Å²) in [5.41, 5.74) is 0. The van der Waals surface area contributed by atoms with Gasteiger partial charge in [-0.05, 0) is 37.4 Å². The van der Waals surface area contributed by atoms with Crippen LogP contribution in [0.2, 0.25) is 0 Å². The van der Waals surface area contributed by atoms with Crippen LogP contribution in [0, 0.1) is 9.87 Å². The van der Waals surface area contributed by atoms with E-state index in [0.29, 0.717) is 0 Å². The average Bonchev–Trinajstić information content (AvgIpc) is 2.83. The number of fused-ring (bicyclic) bond motifs is 1. The fourth-order valence-corrected chi connectivity index (χ4v) is 3.95. The smallest absolute Gasteiger partial charge is 0.207 e. The van der Waals surface area contributed by atoms with Crippen LogP contribution in [0.4, 0.5) is 5.13 Å². The number of anilines is 1. The van der Waals surface area contributed by atoms with Gasteiger partial charge in [0.1, 0.15) is 0 Å². The molecule has 1 aromatic rings. The molecule has 1 saturated heterocycles. The summed E-state index contributed by atoms with van der Waals surface area (Å²) in [6.07, 6.45) is 6.91. The predicted octanol–water partition coefficient (Wildman–Crippen LogP) is 2.97. The fraction of sp³-hybridized carbons (Fsp3) is 0.800. The summed E-state index contributed by atoms with van der Waals surface area (Å²) < 4.78 is 0.796.